The summed E-state index contributed by atoms with van der Waals surface area (Å²) in [5.41, 5.74) is 3.03. The van der Waals surface area contributed by atoms with E-state index < -0.39 is 11.8 Å². The van der Waals surface area contributed by atoms with Gasteiger partial charge in [0.2, 0.25) is 0 Å². The topological polar surface area (TPSA) is 76.8 Å². The minimum atomic E-state index is -1.22. The number of carbonyl (C=O) groups is 1. The van der Waals surface area contributed by atoms with E-state index in [4.69, 9.17) is 14.6 Å². The van der Waals surface area contributed by atoms with Crippen LogP contribution in [0, 0.1) is 24.6 Å². The number of fused-ring (bicyclic) bond motifs is 1. The number of carboxylic acid groups (broad SMARTS) is 1. The van der Waals surface area contributed by atoms with Gasteiger partial charge in [0.1, 0.15) is 11.6 Å². The second kappa shape index (κ2) is 11.0. The zero-order chi connectivity index (χ0) is 27.6. The van der Waals surface area contributed by atoms with Crippen LogP contribution in [0.3, 0.4) is 0 Å². The lowest BCUT2D eigenvalue weighted by atomic mass is 9.88. The molecule has 8 heteroatoms. The van der Waals surface area contributed by atoms with Gasteiger partial charge in [-0.1, -0.05) is 24.1 Å². The van der Waals surface area contributed by atoms with Crippen LogP contribution in [0.25, 0.3) is 6.08 Å². The first-order valence-corrected chi connectivity index (χ1v) is 13.1. The summed E-state index contributed by atoms with van der Waals surface area (Å²) in [6.07, 6.45) is 6.21. The number of aryl methyl sites for hydroxylation is 1. The molecule has 1 N–H and O–H groups in total. The highest BCUT2D eigenvalue weighted by atomic mass is 19.1. The van der Waals surface area contributed by atoms with Crippen LogP contribution >= 0.6 is 0 Å². The van der Waals surface area contributed by atoms with Gasteiger partial charge < -0.3 is 19.1 Å². The number of carboxylic acids is 1. The molecule has 0 bridgehead atoms. The number of imidazole rings is 1. The molecule has 3 heterocycles. The number of nitrogens with zero attached hydrogens (tertiary/aromatic N) is 3. The molecule has 3 aromatic rings. The minimum Gasteiger partial charge on any atom is -0.478 e. The number of rotatable bonds is 7. The highest BCUT2D eigenvalue weighted by Crippen LogP contribution is 2.49. The standard InChI is InChI=1S/C31H32FN3O4/c1-4-5-15-35-23(10-12-29(36)37)19-33-28(35)20-34-16-13-22(14-17-34)24-7-6-8-27-30(24)39-31(3,38-27)25-11-9-21(2)18-26(25)32/h6-12,18-19,22H,13-17,20H2,1-3H3,(H,36,37)/b12-10+. The summed E-state index contributed by atoms with van der Waals surface area (Å²) in [7, 11) is 0. The van der Waals surface area contributed by atoms with Crippen LogP contribution in [0.15, 0.2) is 48.7 Å². The fourth-order valence-electron chi connectivity index (χ4n) is 5.36. The van der Waals surface area contributed by atoms with Crippen molar-refractivity contribution < 1.29 is 23.8 Å². The van der Waals surface area contributed by atoms with Crippen molar-refractivity contribution >= 4 is 12.0 Å². The maximum absolute atomic E-state index is 14.8. The molecule has 1 atom stereocenters. The Labute approximate surface area is 227 Å². The smallest absolute Gasteiger partial charge is 0.328 e. The van der Waals surface area contributed by atoms with Gasteiger partial charge in [0, 0.05) is 18.6 Å². The van der Waals surface area contributed by atoms with Gasteiger partial charge in [0.15, 0.2) is 11.5 Å². The first-order valence-electron chi connectivity index (χ1n) is 13.1. The van der Waals surface area contributed by atoms with Crippen LogP contribution < -0.4 is 9.47 Å². The van der Waals surface area contributed by atoms with Crippen LogP contribution in [-0.4, -0.2) is 38.6 Å². The van der Waals surface area contributed by atoms with E-state index in [1.165, 1.54) is 6.07 Å². The average Bonchev–Trinajstić information content (AvgIpc) is 3.46. The number of ether oxygens (including phenoxy) is 2. The normalized spacial score (nSPS) is 19.3. The lowest BCUT2D eigenvalue weighted by molar-refractivity contribution is -0.131. The molecule has 1 fully saturated rings. The third-order valence-electron chi connectivity index (χ3n) is 7.40. The predicted octanol–water partition coefficient (Wildman–Crippen LogP) is 5.48. The van der Waals surface area contributed by atoms with Crippen molar-refractivity contribution in [3.63, 3.8) is 0 Å². The van der Waals surface area contributed by atoms with Crippen molar-refractivity contribution in [2.24, 2.45) is 0 Å². The highest BCUT2D eigenvalue weighted by Gasteiger charge is 2.42. The molecule has 2 aliphatic rings. The van der Waals surface area contributed by atoms with Crippen LogP contribution in [-0.2, 0) is 23.7 Å². The Morgan fingerprint density at radius 1 is 1.26 bits per heavy atom. The first-order chi connectivity index (χ1) is 18.8. The molecule has 1 aromatic heterocycles. The summed E-state index contributed by atoms with van der Waals surface area (Å²) >= 11 is 0. The molecule has 1 saturated heterocycles. The number of hydrogen-bond acceptors (Lipinski definition) is 5. The van der Waals surface area contributed by atoms with E-state index >= 15 is 0 Å². The summed E-state index contributed by atoms with van der Waals surface area (Å²) in [4.78, 5) is 17.9. The zero-order valence-electron chi connectivity index (χ0n) is 22.4. The second-order valence-corrected chi connectivity index (χ2v) is 10.1. The fourth-order valence-corrected chi connectivity index (χ4v) is 5.36. The van der Waals surface area contributed by atoms with E-state index in [0.717, 1.165) is 54.7 Å². The quantitative estimate of drug-likeness (QED) is 0.323. The predicted molar refractivity (Wildman–Crippen MR) is 146 cm³/mol. The van der Waals surface area contributed by atoms with Gasteiger partial charge in [0.25, 0.3) is 5.79 Å². The molecule has 2 aromatic carbocycles. The summed E-state index contributed by atoms with van der Waals surface area (Å²) in [5.74, 6) is 5.87. The third kappa shape index (κ3) is 5.55. The molecular formula is C31H32FN3O4. The van der Waals surface area contributed by atoms with E-state index in [1.54, 1.807) is 32.2 Å². The molecule has 0 amide bonds. The van der Waals surface area contributed by atoms with Crippen molar-refractivity contribution in [1.29, 1.82) is 0 Å². The Morgan fingerprint density at radius 2 is 2.05 bits per heavy atom. The molecule has 202 valence electrons. The van der Waals surface area contributed by atoms with E-state index in [2.05, 4.69) is 27.8 Å². The van der Waals surface area contributed by atoms with Crippen molar-refractivity contribution in [2.75, 3.05) is 13.1 Å². The molecule has 0 spiro atoms. The van der Waals surface area contributed by atoms with Gasteiger partial charge in [0.05, 0.1) is 30.5 Å². The third-order valence-corrected chi connectivity index (χ3v) is 7.40. The van der Waals surface area contributed by atoms with Crippen LogP contribution in [0.2, 0.25) is 0 Å². The number of piperidine rings is 1. The lowest BCUT2D eigenvalue weighted by Gasteiger charge is -2.32. The number of likely N-dealkylation sites (tertiary alicyclic amines) is 1. The molecule has 5 rings (SSSR count). The molecule has 0 saturated carbocycles. The van der Waals surface area contributed by atoms with E-state index in [9.17, 15) is 9.18 Å². The summed E-state index contributed by atoms with van der Waals surface area (Å²) in [5, 5.41) is 9.01. The maximum atomic E-state index is 14.8. The second-order valence-electron chi connectivity index (χ2n) is 10.1. The van der Waals surface area contributed by atoms with Gasteiger partial charge in [-0.05, 0) is 75.5 Å². The fraction of sp³-hybridized carbons (Fsp3) is 0.355. The lowest BCUT2D eigenvalue weighted by Crippen LogP contribution is -2.34. The van der Waals surface area contributed by atoms with Gasteiger partial charge >= 0.3 is 5.97 Å². The highest BCUT2D eigenvalue weighted by molar-refractivity contribution is 5.84. The van der Waals surface area contributed by atoms with Gasteiger partial charge in [-0.2, -0.15) is 0 Å². The SMILES string of the molecule is CC#CCn1c(/C=C/C(=O)O)cnc1CN1CCC(c2cccc3c2OC(C)(c2ccc(C)cc2F)O3)CC1. The van der Waals surface area contributed by atoms with E-state index in [0.29, 0.717) is 30.2 Å². The molecule has 1 unspecified atom stereocenters. The molecule has 39 heavy (non-hydrogen) atoms. The average molecular weight is 530 g/mol. The molecule has 2 aliphatic heterocycles. The van der Waals surface area contributed by atoms with E-state index in [-0.39, 0.29) is 11.7 Å². The Hall–Kier alpha value is -4.09. The van der Waals surface area contributed by atoms with Crippen molar-refractivity contribution in [1.82, 2.24) is 14.5 Å². The molecule has 0 aliphatic carbocycles. The van der Waals surface area contributed by atoms with Crippen LogP contribution in [0.1, 0.15) is 60.8 Å². The maximum Gasteiger partial charge on any atom is 0.328 e. The Morgan fingerprint density at radius 3 is 2.77 bits per heavy atom. The van der Waals surface area contributed by atoms with Gasteiger partial charge in [-0.15, -0.1) is 5.92 Å². The molecule has 7 nitrogen and oxygen atoms in total. The largest absolute Gasteiger partial charge is 0.478 e. The minimum absolute atomic E-state index is 0.282. The summed E-state index contributed by atoms with van der Waals surface area (Å²) in [6, 6.07) is 11.0. The van der Waals surface area contributed by atoms with E-state index in [1.807, 2.05) is 29.7 Å². The number of aromatic nitrogens is 2. The first kappa shape index (κ1) is 26.5. The number of halogens is 1. The summed E-state index contributed by atoms with van der Waals surface area (Å²) < 4.78 is 29.3. The Kier molecular flexibility index (Phi) is 7.45. The van der Waals surface area contributed by atoms with Crippen LogP contribution in [0.5, 0.6) is 11.5 Å². The Bertz CT molecular complexity index is 1480. The number of hydrogen-bond donors (Lipinski definition) is 1. The monoisotopic (exact) mass is 529 g/mol. The van der Waals surface area contributed by atoms with Crippen molar-refractivity contribution in [3.05, 3.63) is 82.7 Å². The van der Waals surface area contributed by atoms with Gasteiger partial charge in [-0.3, -0.25) is 4.90 Å². The number of aliphatic carboxylic acids is 1. The number of para-hydroxylation sites is 1. The van der Waals surface area contributed by atoms with Crippen LogP contribution in [0.4, 0.5) is 4.39 Å². The van der Waals surface area contributed by atoms with Gasteiger partial charge in [-0.25, -0.2) is 14.2 Å². The molecule has 0 radical (unpaired) electrons. The zero-order valence-corrected chi connectivity index (χ0v) is 22.4. The van der Waals surface area contributed by atoms with Crippen molar-refractivity contribution in [2.45, 2.75) is 58.4 Å². The summed E-state index contributed by atoms with van der Waals surface area (Å²) in [6.45, 7) is 8.23. The van der Waals surface area contributed by atoms with Crippen molar-refractivity contribution in [3.8, 4) is 23.3 Å². The molecular weight excluding hydrogens is 497 g/mol. The number of benzene rings is 2. The Balaban J connectivity index is 1.28.